The number of allylic oxidation sites excluding steroid dienone is 2. The summed E-state index contributed by atoms with van der Waals surface area (Å²) in [4.78, 5) is 1.87. The van der Waals surface area contributed by atoms with E-state index < -0.39 is 29.0 Å². The van der Waals surface area contributed by atoms with Crippen LogP contribution < -0.4 is 5.73 Å². The first-order chi connectivity index (χ1) is 14.6. The van der Waals surface area contributed by atoms with Gasteiger partial charge in [-0.05, 0) is 31.2 Å². The Morgan fingerprint density at radius 2 is 1.81 bits per heavy atom. The molecule has 1 aliphatic heterocycles. The summed E-state index contributed by atoms with van der Waals surface area (Å²) in [5.41, 5.74) is 3.18. The lowest BCUT2D eigenvalue weighted by atomic mass is 9.57. The monoisotopic (exact) mass is 429 g/mol. The average Bonchev–Trinajstić information content (AvgIpc) is 2.73. The predicted molar refractivity (Wildman–Crippen MR) is 107 cm³/mol. The zero-order chi connectivity index (χ0) is 23.4. The molecule has 6 nitrogen and oxygen atoms in total. The second-order valence-corrected chi connectivity index (χ2v) is 7.30. The molecule has 162 valence electrons. The van der Waals surface area contributed by atoms with Crippen LogP contribution in [0.25, 0.3) is 0 Å². The summed E-state index contributed by atoms with van der Waals surface area (Å²) in [5, 5.41) is 37.0. The van der Waals surface area contributed by atoms with Gasteiger partial charge in [-0.1, -0.05) is 24.3 Å². The van der Waals surface area contributed by atoms with E-state index in [4.69, 9.17) is 10.8 Å². The number of alkyl halides is 3. The third-order valence-electron chi connectivity index (χ3n) is 5.45. The number of fused-ring (bicyclic) bond motifs is 1. The Labute approximate surface area is 178 Å². The molecular weight excluding hydrogens is 407 g/mol. The van der Waals surface area contributed by atoms with Gasteiger partial charge in [0.25, 0.3) is 0 Å². The van der Waals surface area contributed by atoms with Gasteiger partial charge < -0.3 is 15.7 Å². The summed E-state index contributed by atoms with van der Waals surface area (Å²) in [6, 6.07) is 10.6. The zero-order valence-corrected chi connectivity index (χ0v) is 17.1. The third kappa shape index (κ3) is 4.14. The van der Waals surface area contributed by atoms with E-state index in [1.807, 2.05) is 23.1 Å². The van der Waals surface area contributed by atoms with Gasteiger partial charge in [-0.2, -0.15) is 29.0 Å². The lowest BCUT2D eigenvalue weighted by Crippen LogP contribution is -2.47. The molecule has 1 aromatic rings. The zero-order valence-electron chi connectivity index (χ0n) is 17.1. The van der Waals surface area contributed by atoms with Crippen LogP contribution in [-0.2, 0) is 6.18 Å². The van der Waals surface area contributed by atoms with Crippen molar-refractivity contribution in [2.75, 3.05) is 26.7 Å². The lowest BCUT2D eigenvalue weighted by Gasteiger charge is -2.45. The Hall–Kier alpha value is -3.32. The number of nitriles is 3. The molecule has 3 N–H and O–H groups in total. The Kier molecular flexibility index (Phi) is 7.13. The van der Waals surface area contributed by atoms with E-state index in [1.165, 1.54) is 18.2 Å². The summed E-state index contributed by atoms with van der Waals surface area (Å²) in [7, 11) is 1.79. The van der Waals surface area contributed by atoms with Crippen molar-refractivity contribution in [3.05, 3.63) is 58.3 Å². The number of nitrogens with two attached hydrogens (primary N) is 1. The second kappa shape index (κ2) is 9.22. The standard InChI is InChI=1S/C20H16F3N5.C2H6O/c1-28-7-6-12-14(8-24)18(27)19(10-25,11-26)17(15(12)9-28)13-4-2-3-5-16(13)20(21,22)23;1-2-3/h2-6,15,17H,7,9,27H2,1H3;3H,2H2,1H3. The quantitative estimate of drug-likeness (QED) is 0.708. The molecule has 0 fully saturated rings. The molecule has 31 heavy (non-hydrogen) atoms. The van der Waals surface area contributed by atoms with Crippen LogP contribution in [0.5, 0.6) is 0 Å². The van der Waals surface area contributed by atoms with Gasteiger partial charge in [0.05, 0.1) is 29.0 Å². The van der Waals surface area contributed by atoms with E-state index in [-0.39, 0.29) is 23.4 Å². The molecule has 2 unspecified atom stereocenters. The van der Waals surface area contributed by atoms with Crippen molar-refractivity contribution >= 4 is 0 Å². The Balaban J connectivity index is 0.00000107. The van der Waals surface area contributed by atoms with Gasteiger partial charge in [-0.15, -0.1) is 0 Å². The van der Waals surface area contributed by atoms with E-state index >= 15 is 0 Å². The highest BCUT2D eigenvalue weighted by Crippen LogP contribution is 2.55. The predicted octanol–water partition coefficient (Wildman–Crippen LogP) is 3.06. The number of aliphatic hydroxyl groups excluding tert-OH is 1. The van der Waals surface area contributed by atoms with Crippen LogP contribution in [0, 0.1) is 45.3 Å². The first-order valence-corrected chi connectivity index (χ1v) is 9.51. The molecule has 0 amide bonds. The highest BCUT2D eigenvalue weighted by molar-refractivity contribution is 5.60. The molecule has 0 aromatic heterocycles. The van der Waals surface area contributed by atoms with Crippen LogP contribution in [-0.4, -0.2) is 36.8 Å². The van der Waals surface area contributed by atoms with Crippen LogP contribution in [0.4, 0.5) is 13.2 Å². The fraction of sp³-hybridized carbons (Fsp3) is 0.409. The molecule has 1 aliphatic carbocycles. The first-order valence-electron chi connectivity index (χ1n) is 9.51. The van der Waals surface area contributed by atoms with Gasteiger partial charge in [0.15, 0.2) is 5.41 Å². The molecule has 3 rings (SSSR count). The van der Waals surface area contributed by atoms with E-state index in [0.717, 1.165) is 6.07 Å². The highest BCUT2D eigenvalue weighted by Gasteiger charge is 2.55. The fourth-order valence-corrected chi connectivity index (χ4v) is 4.19. The van der Waals surface area contributed by atoms with Crippen LogP contribution >= 0.6 is 0 Å². The van der Waals surface area contributed by atoms with Gasteiger partial charge >= 0.3 is 6.18 Å². The minimum atomic E-state index is -4.66. The van der Waals surface area contributed by atoms with Crippen molar-refractivity contribution < 1.29 is 18.3 Å². The van der Waals surface area contributed by atoms with E-state index in [9.17, 15) is 29.0 Å². The molecule has 0 saturated carbocycles. The van der Waals surface area contributed by atoms with E-state index in [0.29, 0.717) is 18.7 Å². The molecular formula is C22H22F3N5O. The topological polar surface area (TPSA) is 121 Å². The van der Waals surface area contributed by atoms with Gasteiger partial charge in [0.1, 0.15) is 6.07 Å². The molecule has 2 atom stereocenters. The largest absolute Gasteiger partial charge is 0.416 e. The number of nitrogens with zero attached hydrogens (tertiary/aromatic N) is 4. The first kappa shape index (κ1) is 24.0. The maximum absolute atomic E-state index is 13.7. The summed E-state index contributed by atoms with van der Waals surface area (Å²) < 4.78 is 41.2. The van der Waals surface area contributed by atoms with E-state index in [2.05, 4.69) is 0 Å². The Morgan fingerprint density at radius 3 is 2.32 bits per heavy atom. The van der Waals surface area contributed by atoms with Crippen molar-refractivity contribution in [1.29, 1.82) is 15.8 Å². The number of hydrogen-bond donors (Lipinski definition) is 2. The number of halogens is 3. The molecule has 0 radical (unpaired) electrons. The molecule has 0 spiro atoms. The number of aliphatic hydroxyl groups is 1. The van der Waals surface area contributed by atoms with Gasteiger partial charge in [-0.3, -0.25) is 0 Å². The van der Waals surface area contributed by atoms with Crippen molar-refractivity contribution in [3.63, 3.8) is 0 Å². The van der Waals surface area contributed by atoms with E-state index in [1.54, 1.807) is 20.0 Å². The molecule has 9 heteroatoms. The maximum atomic E-state index is 13.7. The summed E-state index contributed by atoms with van der Waals surface area (Å²) >= 11 is 0. The summed E-state index contributed by atoms with van der Waals surface area (Å²) in [6.45, 7) is 2.72. The van der Waals surface area contributed by atoms with Crippen LogP contribution in [0.15, 0.2) is 47.2 Å². The van der Waals surface area contributed by atoms with Crippen molar-refractivity contribution in [1.82, 2.24) is 4.90 Å². The van der Waals surface area contributed by atoms with Crippen molar-refractivity contribution in [2.45, 2.75) is 19.0 Å². The molecule has 1 aromatic carbocycles. The highest BCUT2D eigenvalue weighted by atomic mass is 19.4. The average molecular weight is 429 g/mol. The molecule has 0 bridgehead atoms. The SMILES string of the molecule is CCO.CN1CC=C2C(C#N)=C(N)C(C#N)(C#N)C(c3ccccc3C(F)(F)F)C2C1. The molecule has 1 heterocycles. The minimum absolute atomic E-state index is 0.0157. The normalized spacial score (nSPS) is 22.6. The van der Waals surface area contributed by atoms with Crippen molar-refractivity contribution in [3.8, 4) is 18.2 Å². The minimum Gasteiger partial charge on any atom is -0.399 e. The van der Waals surface area contributed by atoms with Gasteiger partial charge in [-0.25, -0.2) is 0 Å². The van der Waals surface area contributed by atoms with Gasteiger partial charge in [0, 0.05) is 31.5 Å². The number of benzene rings is 1. The van der Waals surface area contributed by atoms with Gasteiger partial charge in [0.2, 0.25) is 0 Å². The third-order valence-corrected chi connectivity index (χ3v) is 5.45. The Morgan fingerprint density at radius 1 is 1.23 bits per heavy atom. The lowest BCUT2D eigenvalue weighted by molar-refractivity contribution is -0.138. The maximum Gasteiger partial charge on any atom is 0.416 e. The molecule has 0 saturated heterocycles. The fourth-order valence-electron chi connectivity index (χ4n) is 4.19. The van der Waals surface area contributed by atoms with Crippen LogP contribution in [0.2, 0.25) is 0 Å². The number of rotatable bonds is 1. The van der Waals surface area contributed by atoms with Crippen LogP contribution in [0.3, 0.4) is 0 Å². The second-order valence-electron chi connectivity index (χ2n) is 7.30. The smallest absolute Gasteiger partial charge is 0.399 e. The summed E-state index contributed by atoms with van der Waals surface area (Å²) in [5.74, 6) is -1.81. The number of hydrogen-bond acceptors (Lipinski definition) is 6. The van der Waals surface area contributed by atoms with Crippen LogP contribution in [0.1, 0.15) is 24.0 Å². The summed E-state index contributed by atoms with van der Waals surface area (Å²) in [6.07, 6.45) is -2.92. The number of likely N-dealkylation sites (N-methyl/N-ethyl adjacent to an activating group) is 1. The molecule has 2 aliphatic rings. The van der Waals surface area contributed by atoms with Crippen molar-refractivity contribution in [2.24, 2.45) is 17.1 Å². The Bertz CT molecular complexity index is 1010.